The molecule has 1 amide bonds. The molecule has 1 saturated heterocycles. The summed E-state index contributed by atoms with van der Waals surface area (Å²) < 4.78 is 51.7. The van der Waals surface area contributed by atoms with Crippen LogP contribution in [0, 0.1) is 5.82 Å². The highest BCUT2D eigenvalue weighted by molar-refractivity contribution is 5.76. The van der Waals surface area contributed by atoms with E-state index in [2.05, 4.69) is 9.88 Å². The first-order valence-electron chi connectivity index (χ1n) is 12.9. The zero-order valence-electron chi connectivity index (χ0n) is 22.2. The van der Waals surface area contributed by atoms with Crippen LogP contribution in [-0.2, 0) is 17.5 Å². The maximum atomic E-state index is 13.1. The number of piperazine rings is 1. The van der Waals surface area contributed by atoms with E-state index in [1.165, 1.54) is 18.2 Å². The minimum atomic E-state index is -4.40. The van der Waals surface area contributed by atoms with Crippen LogP contribution in [0.3, 0.4) is 0 Å². The third-order valence-corrected chi connectivity index (χ3v) is 7.00. The molecule has 2 aromatic carbocycles. The Labute approximate surface area is 226 Å². The average Bonchev–Trinajstić information content (AvgIpc) is 2.93. The fourth-order valence-corrected chi connectivity index (χ4v) is 4.70. The second-order valence-electron chi connectivity index (χ2n) is 9.76. The predicted octanol–water partition coefficient (Wildman–Crippen LogP) is 5.44. The molecule has 0 atom stereocenters. The first-order chi connectivity index (χ1) is 18.6. The Morgan fingerprint density at radius 2 is 1.59 bits per heavy atom. The number of amides is 1. The monoisotopic (exact) mass is 543 g/mol. The van der Waals surface area contributed by atoms with Gasteiger partial charge in [-0.15, -0.1) is 0 Å². The number of carbonyl (C=O) groups excluding carboxylic acids is 1. The Hall–Kier alpha value is -3.82. The van der Waals surface area contributed by atoms with Crippen molar-refractivity contribution < 1.29 is 22.4 Å². The predicted molar refractivity (Wildman–Crippen MR) is 145 cm³/mol. The van der Waals surface area contributed by atoms with Gasteiger partial charge >= 0.3 is 6.18 Å². The lowest BCUT2D eigenvalue weighted by Crippen LogP contribution is -2.47. The molecule has 0 N–H and O–H groups in total. The summed E-state index contributed by atoms with van der Waals surface area (Å²) in [7, 11) is 3.72. The molecular weight excluding hydrogens is 510 g/mol. The standard InChI is InChI=1S/C29H33F4N5O/c1-35(25-12-10-24(30)11-13-25)15-5-8-28(39)36(2)21-22-6-3-4-7-26(22)37-16-18-38(19-17-37)27-14-9-23(20-34-27)29(31,32)33/h3-4,6-7,9-14,20H,5,8,15-19,21H2,1-2H3. The van der Waals surface area contributed by atoms with Gasteiger partial charge < -0.3 is 19.6 Å². The highest BCUT2D eigenvalue weighted by atomic mass is 19.4. The molecule has 1 aromatic heterocycles. The second-order valence-corrected chi connectivity index (χ2v) is 9.76. The smallest absolute Gasteiger partial charge is 0.375 e. The minimum absolute atomic E-state index is 0.0514. The van der Waals surface area contributed by atoms with Crippen molar-refractivity contribution in [3.8, 4) is 0 Å². The first kappa shape index (κ1) is 28.2. The number of carbonyl (C=O) groups is 1. The summed E-state index contributed by atoms with van der Waals surface area (Å²) >= 11 is 0. The van der Waals surface area contributed by atoms with Crippen molar-refractivity contribution in [2.24, 2.45) is 0 Å². The van der Waals surface area contributed by atoms with Crippen molar-refractivity contribution in [3.05, 3.63) is 83.8 Å². The van der Waals surface area contributed by atoms with Gasteiger partial charge in [0.05, 0.1) is 5.56 Å². The average molecular weight is 544 g/mol. The number of alkyl halides is 3. The number of anilines is 3. The van der Waals surface area contributed by atoms with Gasteiger partial charge in [0, 0.05) is 77.4 Å². The molecule has 1 aliphatic heterocycles. The fourth-order valence-electron chi connectivity index (χ4n) is 4.70. The van der Waals surface area contributed by atoms with Crippen LogP contribution in [0.25, 0.3) is 0 Å². The lowest BCUT2D eigenvalue weighted by atomic mass is 10.1. The quantitative estimate of drug-likeness (QED) is 0.336. The van der Waals surface area contributed by atoms with Crippen LogP contribution in [-0.4, -0.2) is 62.6 Å². The summed E-state index contributed by atoms with van der Waals surface area (Å²) in [5.74, 6) is 0.309. The molecule has 0 unspecified atom stereocenters. The molecule has 1 aliphatic rings. The third-order valence-electron chi connectivity index (χ3n) is 7.00. The van der Waals surface area contributed by atoms with Gasteiger partial charge in [0.15, 0.2) is 0 Å². The molecule has 6 nitrogen and oxygen atoms in total. The van der Waals surface area contributed by atoms with Crippen molar-refractivity contribution in [1.29, 1.82) is 0 Å². The summed E-state index contributed by atoms with van der Waals surface area (Å²) in [6.45, 7) is 3.79. The normalized spacial score (nSPS) is 13.9. The number of halogens is 4. The third kappa shape index (κ3) is 7.40. The van der Waals surface area contributed by atoms with Crippen molar-refractivity contribution in [1.82, 2.24) is 9.88 Å². The van der Waals surface area contributed by atoms with Crippen LogP contribution in [0.2, 0.25) is 0 Å². The van der Waals surface area contributed by atoms with Crippen molar-refractivity contribution in [2.45, 2.75) is 25.6 Å². The van der Waals surface area contributed by atoms with Gasteiger partial charge in [-0.25, -0.2) is 9.37 Å². The zero-order chi connectivity index (χ0) is 28.0. The number of benzene rings is 2. The van der Waals surface area contributed by atoms with Gasteiger partial charge in [-0.1, -0.05) is 18.2 Å². The summed E-state index contributed by atoms with van der Waals surface area (Å²) in [6, 6.07) is 16.8. The zero-order valence-corrected chi connectivity index (χ0v) is 22.2. The summed E-state index contributed by atoms with van der Waals surface area (Å²) in [5.41, 5.74) is 2.24. The molecule has 0 radical (unpaired) electrons. The van der Waals surface area contributed by atoms with Gasteiger partial charge in [-0.2, -0.15) is 13.2 Å². The van der Waals surface area contributed by atoms with Crippen LogP contribution in [0.15, 0.2) is 66.9 Å². The van der Waals surface area contributed by atoms with Gasteiger partial charge in [0.25, 0.3) is 0 Å². The number of nitrogens with zero attached hydrogens (tertiary/aromatic N) is 5. The van der Waals surface area contributed by atoms with Crippen molar-refractivity contribution >= 4 is 23.1 Å². The number of hydrogen-bond acceptors (Lipinski definition) is 5. The van der Waals surface area contributed by atoms with E-state index in [9.17, 15) is 22.4 Å². The number of aromatic nitrogens is 1. The van der Waals surface area contributed by atoms with Gasteiger partial charge in [0.2, 0.25) is 5.91 Å². The molecule has 1 fully saturated rings. The lowest BCUT2D eigenvalue weighted by Gasteiger charge is -2.38. The van der Waals surface area contributed by atoms with Crippen LogP contribution >= 0.6 is 0 Å². The van der Waals surface area contributed by atoms with E-state index >= 15 is 0 Å². The van der Waals surface area contributed by atoms with Crippen LogP contribution in [0.4, 0.5) is 34.8 Å². The highest BCUT2D eigenvalue weighted by Crippen LogP contribution is 2.30. The molecule has 39 heavy (non-hydrogen) atoms. The molecule has 4 rings (SSSR count). The molecule has 208 valence electrons. The van der Waals surface area contributed by atoms with E-state index in [4.69, 9.17) is 0 Å². The summed E-state index contributed by atoms with van der Waals surface area (Å²) in [4.78, 5) is 24.8. The number of hydrogen-bond donors (Lipinski definition) is 0. The van der Waals surface area contributed by atoms with E-state index < -0.39 is 11.7 Å². The van der Waals surface area contributed by atoms with Gasteiger partial charge in [0.1, 0.15) is 11.6 Å². The highest BCUT2D eigenvalue weighted by Gasteiger charge is 2.31. The fraction of sp³-hybridized carbons (Fsp3) is 0.379. The molecule has 0 saturated carbocycles. The molecule has 0 aliphatic carbocycles. The summed E-state index contributed by atoms with van der Waals surface area (Å²) in [6.07, 6.45) is -2.44. The molecule has 0 spiro atoms. The Morgan fingerprint density at radius 3 is 2.23 bits per heavy atom. The summed E-state index contributed by atoms with van der Waals surface area (Å²) in [5, 5.41) is 0. The van der Waals surface area contributed by atoms with Crippen molar-refractivity contribution in [3.63, 3.8) is 0 Å². The van der Waals surface area contributed by atoms with Crippen LogP contribution < -0.4 is 14.7 Å². The van der Waals surface area contributed by atoms with E-state index in [0.29, 0.717) is 57.9 Å². The molecule has 0 bridgehead atoms. The molecule has 2 heterocycles. The van der Waals surface area contributed by atoms with E-state index in [-0.39, 0.29) is 11.7 Å². The maximum Gasteiger partial charge on any atom is 0.417 e. The van der Waals surface area contributed by atoms with Gasteiger partial charge in [-0.05, 0) is 54.4 Å². The maximum absolute atomic E-state index is 13.1. The Bertz CT molecular complexity index is 1230. The van der Waals surface area contributed by atoms with Gasteiger partial charge in [-0.3, -0.25) is 4.79 Å². The van der Waals surface area contributed by atoms with Crippen LogP contribution in [0.5, 0.6) is 0 Å². The molecule has 3 aromatic rings. The second kappa shape index (κ2) is 12.4. The first-order valence-corrected chi connectivity index (χ1v) is 12.9. The Balaban J connectivity index is 1.29. The molecule has 10 heteroatoms. The SMILES string of the molecule is CN(Cc1ccccc1N1CCN(c2ccc(C(F)(F)F)cn2)CC1)C(=O)CCCN(C)c1ccc(F)cc1. The van der Waals surface area contributed by atoms with E-state index in [1.807, 2.05) is 41.1 Å². The van der Waals surface area contributed by atoms with Crippen molar-refractivity contribution in [2.75, 3.05) is 61.5 Å². The Kier molecular flexibility index (Phi) is 8.93. The largest absolute Gasteiger partial charge is 0.417 e. The van der Waals surface area contributed by atoms with Crippen LogP contribution in [0.1, 0.15) is 24.0 Å². The van der Waals surface area contributed by atoms with E-state index in [1.54, 1.807) is 24.1 Å². The number of para-hydroxylation sites is 1. The number of rotatable bonds is 9. The minimum Gasteiger partial charge on any atom is -0.375 e. The Morgan fingerprint density at radius 1 is 0.923 bits per heavy atom. The van der Waals surface area contributed by atoms with E-state index in [0.717, 1.165) is 29.2 Å². The molecular formula is C29H33F4N5O. The topological polar surface area (TPSA) is 42.9 Å². The lowest BCUT2D eigenvalue weighted by molar-refractivity contribution is -0.137. The number of pyridine rings is 1.